The maximum atomic E-state index is 13.2. The van der Waals surface area contributed by atoms with Crippen molar-refractivity contribution in [2.75, 3.05) is 19.0 Å². The monoisotopic (exact) mass is 438 g/mol. The van der Waals surface area contributed by atoms with Gasteiger partial charge in [-0.15, -0.1) is 0 Å². The summed E-state index contributed by atoms with van der Waals surface area (Å²) in [5, 5.41) is 3.90. The number of rotatable bonds is 5. The first-order valence-corrected chi connectivity index (χ1v) is 8.50. The van der Waals surface area contributed by atoms with E-state index in [-0.39, 0.29) is 11.7 Å². The molecule has 0 aliphatic rings. The van der Waals surface area contributed by atoms with Gasteiger partial charge in [0, 0.05) is 40.0 Å². The van der Waals surface area contributed by atoms with Crippen molar-refractivity contribution in [2.45, 2.75) is 6.54 Å². The lowest BCUT2D eigenvalue weighted by molar-refractivity contribution is 0.102. The zero-order chi connectivity index (χ0) is 17.1. The molecule has 2 aromatic carbocycles. The Morgan fingerprint density at radius 2 is 2.08 bits per heavy atom. The standard InChI is InChI=1S/C18H16FIN2O2/c1-24-9-8-22-7-6-12-10-14(3-5-17(12)22)21-18(23)15-4-2-13(19)11-16(15)20/h2-7,10-11H,8-9H2,1H3,(H,21,23). The first kappa shape index (κ1) is 16.9. The second-order valence-electron chi connectivity index (χ2n) is 5.35. The molecule has 1 aromatic heterocycles. The fourth-order valence-electron chi connectivity index (χ4n) is 2.53. The number of hydrogen-bond donors (Lipinski definition) is 1. The van der Waals surface area contributed by atoms with Gasteiger partial charge in [0.2, 0.25) is 0 Å². The first-order chi connectivity index (χ1) is 11.6. The number of ether oxygens (including phenoxy) is 1. The summed E-state index contributed by atoms with van der Waals surface area (Å²) in [6.45, 7) is 1.42. The number of nitrogens with one attached hydrogen (secondary N) is 1. The van der Waals surface area contributed by atoms with Crippen LogP contribution in [0, 0.1) is 9.39 Å². The molecule has 0 aliphatic heterocycles. The van der Waals surface area contributed by atoms with Crippen LogP contribution >= 0.6 is 22.6 Å². The molecule has 0 atom stereocenters. The molecular weight excluding hydrogens is 422 g/mol. The van der Waals surface area contributed by atoms with E-state index in [1.165, 1.54) is 18.2 Å². The van der Waals surface area contributed by atoms with Crippen LogP contribution in [-0.4, -0.2) is 24.2 Å². The number of aromatic nitrogens is 1. The third kappa shape index (κ3) is 3.59. The minimum atomic E-state index is -0.352. The maximum Gasteiger partial charge on any atom is 0.256 e. The Labute approximate surface area is 152 Å². The molecule has 0 bridgehead atoms. The molecule has 0 unspecified atom stereocenters. The van der Waals surface area contributed by atoms with Gasteiger partial charge >= 0.3 is 0 Å². The molecule has 0 radical (unpaired) electrons. The third-order valence-corrected chi connectivity index (χ3v) is 4.63. The summed E-state index contributed by atoms with van der Waals surface area (Å²) in [7, 11) is 1.68. The van der Waals surface area contributed by atoms with Crippen molar-refractivity contribution in [3.05, 3.63) is 63.6 Å². The Bertz CT molecular complexity index is 892. The normalized spacial score (nSPS) is 11.0. The number of benzene rings is 2. The lowest BCUT2D eigenvalue weighted by Gasteiger charge is -2.08. The van der Waals surface area contributed by atoms with Crippen molar-refractivity contribution in [2.24, 2.45) is 0 Å². The zero-order valence-electron chi connectivity index (χ0n) is 13.1. The number of carbonyl (C=O) groups excluding carboxylic acids is 1. The fourth-order valence-corrected chi connectivity index (χ4v) is 3.26. The first-order valence-electron chi connectivity index (χ1n) is 7.43. The van der Waals surface area contributed by atoms with Crippen molar-refractivity contribution in [1.82, 2.24) is 4.57 Å². The van der Waals surface area contributed by atoms with Crippen molar-refractivity contribution in [3.63, 3.8) is 0 Å². The van der Waals surface area contributed by atoms with Crippen molar-refractivity contribution >= 4 is 45.1 Å². The molecule has 0 fully saturated rings. The summed E-state index contributed by atoms with van der Waals surface area (Å²) >= 11 is 1.96. The number of carbonyl (C=O) groups is 1. The van der Waals surface area contributed by atoms with E-state index in [1.807, 2.05) is 53.1 Å². The zero-order valence-corrected chi connectivity index (χ0v) is 15.2. The van der Waals surface area contributed by atoms with Crippen LogP contribution in [-0.2, 0) is 11.3 Å². The second kappa shape index (κ2) is 7.31. The number of methoxy groups -OCH3 is 1. The highest BCUT2D eigenvalue weighted by Gasteiger charge is 2.11. The molecule has 0 aliphatic carbocycles. The van der Waals surface area contributed by atoms with Gasteiger partial charge in [0.25, 0.3) is 5.91 Å². The molecule has 124 valence electrons. The largest absolute Gasteiger partial charge is 0.383 e. The number of hydrogen-bond acceptors (Lipinski definition) is 2. The molecule has 0 saturated heterocycles. The van der Waals surface area contributed by atoms with Crippen LogP contribution in [0.2, 0.25) is 0 Å². The molecular formula is C18H16FIN2O2. The van der Waals surface area contributed by atoms with Gasteiger partial charge in [-0.3, -0.25) is 4.79 Å². The van der Waals surface area contributed by atoms with Gasteiger partial charge in [0.1, 0.15) is 5.82 Å². The number of anilines is 1. The van der Waals surface area contributed by atoms with Crippen molar-refractivity contribution < 1.29 is 13.9 Å². The summed E-state index contributed by atoms with van der Waals surface area (Å²) < 4.78 is 20.9. The van der Waals surface area contributed by atoms with Crippen molar-refractivity contribution in [3.8, 4) is 0 Å². The summed E-state index contributed by atoms with van der Waals surface area (Å²) in [6, 6.07) is 11.9. The minimum Gasteiger partial charge on any atom is -0.383 e. The Kier molecular flexibility index (Phi) is 5.15. The van der Waals surface area contributed by atoms with Gasteiger partial charge < -0.3 is 14.6 Å². The summed E-state index contributed by atoms with van der Waals surface area (Å²) in [5.41, 5.74) is 2.24. The van der Waals surface area contributed by atoms with Gasteiger partial charge in [-0.2, -0.15) is 0 Å². The SMILES string of the molecule is COCCn1ccc2cc(NC(=O)c3ccc(F)cc3I)ccc21. The molecule has 3 aromatic rings. The average molecular weight is 438 g/mol. The van der Waals surface area contributed by atoms with E-state index in [0.717, 1.165) is 17.4 Å². The van der Waals surface area contributed by atoms with E-state index < -0.39 is 0 Å². The number of amides is 1. The molecule has 1 amide bonds. The van der Waals surface area contributed by atoms with Crippen LogP contribution in [0.1, 0.15) is 10.4 Å². The maximum absolute atomic E-state index is 13.2. The Morgan fingerprint density at radius 3 is 2.83 bits per heavy atom. The molecule has 6 heteroatoms. The van der Waals surface area contributed by atoms with Crippen LogP contribution in [0.5, 0.6) is 0 Å². The van der Waals surface area contributed by atoms with Crippen LogP contribution in [0.3, 0.4) is 0 Å². The van der Waals surface area contributed by atoms with Crippen molar-refractivity contribution in [1.29, 1.82) is 0 Å². The Hall–Kier alpha value is -1.93. The summed E-state index contributed by atoms with van der Waals surface area (Å²) in [5.74, 6) is -0.604. The lowest BCUT2D eigenvalue weighted by Crippen LogP contribution is -2.13. The number of fused-ring (bicyclic) bond motifs is 1. The van der Waals surface area contributed by atoms with Gasteiger partial charge in [0.05, 0.1) is 12.2 Å². The molecule has 1 heterocycles. The topological polar surface area (TPSA) is 43.3 Å². The highest BCUT2D eigenvalue weighted by molar-refractivity contribution is 14.1. The third-order valence-electron chi connectivity index (χ3n) is 3.74. The second-order valence-corrected chi connectivity index (χ2v) is 6.52. The number of halogens is 2. The van der Waals surface area contributed by atoms with E-state index >= 15 is 0 Å². The smallest absolute Gasteiger partial charge is 0.256 e. The summed E-state index contributed by atoms with van der Waals surface area (Å²) in [4.78, 5) is 12.4. The lowest BCUT2D eigenvalue weighted by atomic mass is 10.2. The van der Waals surface area contributed by atoms with Gasteiger partial charge in [-0.05, 0) is 65.1 Å². The quantitative estimate of drug-likeness (QED) is 0.605. The predicted molar refractivity (Wildman–Crippen MR) is 101 cm³/mol. The Balaban J connectivity index is 1.81. The summed E-state index contributed by atoms with van der Waals surface area (Å²) in [6.07, 6.45) is 2.00. The molecule has 4 nitrogen and oxygen atoms in total. The molecule has 0 spiro atoms. The van der Waals surface area contributed by atoms with E-state index in [0.29, 0.717) is 21.4 Å². The molecule has 24 heavy (non-hydrogen) atoms. The van der Waals surface area contributed by atoms with Crippen LogP contribution in [0.25, 0.3) is 10.9 Å². The predicted octanol–water partition coefficient (Wildman–Crippen LogP) is 4.28. The van der Waals surface area contributed by atoms with E-state index in [1.54, 1.807) is 7.11 Å². The fraction of sp³-hybridized carbons (Fsp3) is 0.167. The van der Waals surface area contributed by atoms with Gasteiger partial charge in [-0.1, -0.05) is 0 Å². The van der Waals surface area contributed by atoms with E-state index in [9.17, 15) is 9.18 Å². The Morgan fingerprint density at radius 1 is 1.25 bits per heavy atom. The molecule has 3 rings (SSSR count). The van der Waals surface area contributed by atoms with E-state index in [2.05, 4.69) is 9.88 Å². The van der Waals surface area contributed by atoms with Crippen LogP contribution < -0.4 is 5.32 Å². The van der Waals surface area contributed by atoms with Gasteiger partial charge in [-0.25, -0.2) is 4.39 Å². The van der Waals surface area contributed by atoms with E-state index in [4.69, 9.17) is 4.74 Å². The van der Waals surface area contributed by atoms with Gasteiger partial charge in [0.15, 0.2) is 0 Å². The van der Waals surface area contributed by atoms with Crippen LogP contribution in [0.4, 0.5) is 10.1 Å². The molecule has 1 N–H and O–H groups in total. The minimum absolute atomic E-state index is 0.252. The number of nitrogens with zero attached hydrogens (tertiary/aromatic N) is 1. The molecule has 0 saturated carbocycles. The highest BCUT2D eigenvalue weighted by atomic mass is 127. The van der Waals surface area contributed by atoms with Crippen LogP contribution in [0.15, 0.2) is 48.7 Å². The highest BCUT2D eigenvalue weighted by Crippen LogP contribution is 2.22. The average Bonchev–Trinajstić information content (AvgIpc) is 2.95.